The maximum atomic E-state index is 11.6. The van der Waals surface area contributed by atoms with Gasteiger partial charge in [0.1, 0.15) is 12.3 Å². The van der Waals surface area contributed by atoms with E-state index in [0.717, 1.165) is 12.3 Å². The Labute approximate surface area is 157 Å². The summed E-state index contributed by atoms with van der Waals surface area (Å²) in [5.74, 6) is 2.06. The van der Waals surface area contributed by atoms with E-state index in [4.69, 9.17) is 4.42 Å². The van der Waals surface area contributed by atoms with Crippen molar-refractivity contribution in [3.63, 3.8) is 0 Å². The van der Waals surface area contributed by atoms with E-state index in [0.29, 0.717) is 44.5 Å². The number of aliphatic imine (C=N–C) groups is 1. The fraction of sp³-hybridized carbons (Fsp3) is 0.765. The highest BCUT2D eigenvalue weighted by molar-refractivity contribution is 7.88. The van der Waals surface area contributed by atoms with Crippen molar-refractivity contribution in [2.24, 2.45) is 4.99 Å². The van der Waals surface area contributed by atoms with E-state index < -0.39 is 10.0 Å². The second-order valence-corrected chi connectivity index (χ2v) is 9.08. The molecule has 1 heterocycles. The van der Waals surface area contributed by atoms with Crippen molar-refractivity contribution in [2.45, 2.75) is 53.0 Å². The number of guanidine groups is 1. The summed E-state index contributed by atoms with van der Waals surface area (Å²) in [5, 5.41) is 6.37. The summed E-state index contributed by atoms with van der Waals surface area (Å²) in [6.07, 6.45) is 3.67. The third-order valence-electron chi connectivity index (χ3n) is 3.71. The molecule has 0 amide bonds. The van der Waals surface area contributed by atoms with Gasteiger partial charge in [-0.1, -0.05) is 27.7 Å². The lowest BCUT2D eigenvalue weighted by Gasteiger charge is -2.18. The molecule has 0 saturated heterocycles. The summed E-state index contributed by atoms with van der Waals surface area (Å²) in [6, 6.07) is 0. The minimum absolute atomic E-state index is 0.0809. The topological polar surface area (TPSA) is 99.8 Å². The van der Waals surface area contributed by atoms with Gasteiger partial charge in [0, 0.05) is 31.6 Å². The molecule has 0 bridgehead atoms. The average Bonchev–Trinajstić information content (AvgIpc) is 3.00. The molecule has 0 saturated carbocycles. The first-order valence-electron chi connectivity index (χ1n) is 9.00. The molecule has 26 heavy (non-hydrogen) atoms. The molecule has 0 aliphatic heterocycles. The van der Waals surface area contributed by atoms with Crippen molar-refractivity contribution in [1.29, 1.82) is 0 Å². The summed E-state index contributed by atoms with van der Waals surface area (Å²) >= 11 is 0. The first-order chi connectivity index (χ1) is 12.1. The smallest absolute Gasteiger partial charge is 0.216 e. The highest BCUT2D eigenvalue weighted by Crippen LogP contribution is 2.22. The maximum absolute atomic E-state index is 11.6. The summed E-state index contributed by atoms with van der Waals surface area (Å²) in [6.45, 7) is 12.7. The fourth-order valence-electron chi connectivity index (χ4n) is 2.24. The standard InChI is InChI=1S/C17H33N5O3S/c1-7-18-16(19-10-9-11-22(8-2)26(6,23)24)21-13-15-20-12-14(25-15)17(3,4)5/h12H,7-11,13H2,1-6H3,(H2,18,19,21). The molecule has 0 atom stereocenters. The molecule has 1 rings (SSSR count). The average molecular weight is 388 g/mol. The van der Waals surface area contributed by atoms with E-state index in [1.54, 1.807) is 6.20 Å². The predicted molar refractivity (Wildman–Crippen MR) is 105 cm³/mol. The van der Waals surface area contributed by atoms with E-state index in [-0.39, 0.29) is 5.41 Å². The van der Waals surface area contributed by atoms with Crippen molar-refractivity contribution in [1.82, 2.24) is 19.9 Å². The van der Waals surface area contributed by atoms with Gasteiger partial charge in [0.2, 0.25) is 15.9 Å². The SMILES string of the molecule is CCNC(=NCc1ncc(C(C)(C)C)o1)NCCCN(CC)S(C)(=O)=O. The molecule has 2 N–H and O–H groups in total. The summed E-state index contributed by atoms with van der Waals surface area (Å²) in [4.78, 5) is 8.74. The monoisotopic (exact) mass is 387 g/mol. The number of aromatic nitrogens is 1. The van der Waals surface area contributed by atoms with Gasteiger partial charge in [0.05, 0.1) is 12.5 Å². The lowest BCUT2D eigenvalue weighted by molar-refractivity contribution is 0.383. The molecule has 1 aromatic heterocycles. The molecule has 0 aliphatic rings. The van der Waals surface area contributed by atoms with Gasteiger partial charge >= 0.3 is 0 Å². The molecular weight excluding hydrogens is 354 g/mol. The molecule has 0 aliphatic carbocycles. The Morgan fingerprint density at radius 3 is 2.50 bits per heavy atom. The van der Waals surface area contributed by atoms with Gasteiger partial charge in [-0.05, 0) is 13.3 Å². The van der Waals surface area contributed by atoms with Crippen LogP contribution in [0.5, 0.6) is 0 Å². The minimum Gasteiger partial charge on any atom is -0.443 e. The lowest BCUT2D eigenvalue weighted by Crippen LogP contribution is -2.39. The van der Waals surface area contributed by atoms with Gasteiger partial charge in [-0.25, -0.2) is 22.7 Å². The largest absolute Gasteiger partial charge is 0.443 e. The van der Waals surface area contributed by atoms with Crippen LogP contribution in [0.2, 0.25) is 0 Å². The second kappa shape index (κ2) is 9.91. The lowest BCUT2D eigenvalue weighted by atomic mass is 9.94. The number of nitrogens with one attached hydrogen (secondary N) is 2. The Morgan fingerprint density at radius 1 is 1.31 bits per heavy atom. The number of hydrogen-bond donors (Lipinski definition) is 2. The van der Waals surface area contributed by atoms with Crippen LogP contribution in [-0.4, -0.2) is 56.1 Å². The Hall–Kier alpha value is -1.61. The van der Waals surface area contributed by atoms with Crippen LogP contribution in [0.15, 0.2) is 15.6 Å². The zero-order valence-corrected chi connectivity index (χ0v) is 17.6. The predicted octanol–water partition coefficient (Wildman–Crippen LogP) is 1.70. The van der Waals surface area contributed by atoms with Crippen molar-refractivity contribution in [3.05, 3.63) is 17.8 Å². The first kappa shape index (κ1) is 22.4. The van der Waals surface area contributed by atoms with Gasteiger partial charge in [-0.3, -0.25) is 0 Å². The highest BCUT2D eigenvalue weighted by Gasteiger charge is 2.19. The van der Waals surface area contributed by atoms with Gasteiger partial charge in [-0.2, -0.15) is 0 Å². The Morgan fingerprint density at radius 2 is 2.00 bits per heavy atom. The molecule has 0 radical (unpaired) electrons. The fourth-order valence-corrected chi connectivity index (χ4v) is 3.17. The number of nitrogens with zero attached hydrogens (tertiary/aromatic N) is 3. The van der Waals surface area contributed by atoms with E-state index in [9.17, 15) is 8.42 Å². The van der Waals surface area contributed by atoms with Crippen molar-refractivity contribution < 1.29 is 12.8 Å². The van der Waals surface area contributed by atoms with Crippen LogP contribution in [0.1, 0.15) is 52.7 Å². The van der Waals surface area contributed by atoms with Crippen LogP contribution in [0, 0.1) is 0 Å². The first-order valence-corrected chi connectivity index (χ1v) is 10.8. The molecule has 0 aromatic carbocycles. The minimum atomic E-state index is -3.14. The maximum Gasteiger partial charge on any atom is 0.216 e. The van der Waals surface area contributed by atoms with Crippen molar-refractivity contribution in [2.75, 3.05) is 32.4 Å². The quantitative estimate of drug-likeness (QED) is 0.380. The van der Waals surface area contributed by atoms with Crippen LogP contribution in [0.25, 0.3) is 0 Å². The Bertz CT molecular complexity index is 677. The molecule has 150 valence electrons. The van der Waals surface area contributed by atoms with Crippen LogP contribution >= 0.6 is 0 Å². The van der Waals surface area contributed by atoms with Crippen LogP contribution in [-0.2, 0) is 22.0 Å². The number of oxazole rings is 1. The number of rotatable bonds is 9. The van der Waals surface area contributed by atoms with Gasteiger partial charge in [0.15, 0.2) is 5.96 Å². The molecular formula is C17H33N5O3S. The van der Waals surface area contributed by atoms with Crippen LogP contribution < -0.4 is 10.6 Å². The van der Waals surface area contributed by atoms with Crippen LogP contribution in [0.4, 0.5) is 0 Å². The van der Waals surface area contributed by atoms with E-state index in [2.05, 4.69) is 41.4 Å². The third-order valence-corrected chi connectivity index (χ3v) is 5.09. The molecule has 0 spiro atoms. The molecule has 9 heteroatoms. The van der Waals surface area contributed by atoms with Crippen molar-refractivity contribution >= 4 is 16.0 Å². The zero-order chi connectivity index (χ0) is 19.8. The summed E-state index contributed by atoms with van der Waals surface area (Å²) < 4.78 is 30.4. The molecule has 0 fully saturated rings. The number of hydrogen-bond acceptors (Lipinski definition) is 5. The molecule has 1 aromatic rings. The molecule has 0 unspecified atom stereocenters. The van der Waals surface area contributed by atoms with E-state index in [1.165, 1.54) is 10.6 Å². The second-order valence-electron chi connectivity index (χ2n) is 7.10. The Balaban J connectivity index is 2.55. The van der Waals surface area contributed by atoms with E-state index >= 15 is 0 Å². The molecule has 8 nitrogen and oxygen atoms in total. The normalized spacial score (nSPS) is 13.3. The van der Waals surface area contributed by atoms with Crippen LogP contribution in [0.3, 0.4) is 0 Å². The summed E-state index contributed by atoms with van der Waals surface area (Å²) in [5.41, 5.74) is -0.0809. The zero-order valence-electron chi connectivity index (χ0n) is 16.8. The summed E-state index contributed by atoms with van der Waals surface area (Å²) in [7, 11) is -3.14. The highest BCUT2D eigenvalue weighted by atomic mass is 32.2. The van der Waals surface area contributed by atoms with Gasteiger partial charge < -0.3 is 15.1 Å². The number of sulfonamides is 1. The Kier molecular flexibility index (Phi) is 8.55. The van der Waals surface area contributed by atoms with Gasteiger partial charge in [0.25, 0.3) is 0 Å². The van der Waals surface area contributed by atoms with E-state index in [1.807, 2.05) is 13.8 Å². The third kappa shape index (κ3) is 7.74. The van der Waals surface area contributed by atoms with Gasteiger partial charge in [-0.15, -0.1) is 0 Å². The van der Waals surface area contributed by atoms with Crippen molar-refractivity contribution in [3.8, 4) is 0 Å².